The van der Waals surface area contributed by atoms with E-state index in [2.05, 4.69) is 5.32 Å². The summed E-state index contributed by atoms with van der Waals surface area (Å²) in [6.45, 7) is 2.62. The summed E-state index contributed by atoms with van der Waals surface area (Å²) >= 11 is 1.68. The number of nitrogens with one attached hydrogen (secondary N) is 1. The number of rotatable bonds is 5. The highest BCUT2D eigenvalue weighted by Crippen LogP contribution is 2.02. The first-order valence-electron chi connectivity index (χ1n) is 5.28. The summed E-state index contributed by atoms with van der Waals surface area (Å²) in [6.07, 6.45) is 3.46. The molecule has 17 heavy (non-hydrogen) atoms. The number of nitrogen functional groups attached to an aromatic ring is 1. The molecule has 1 heterocycles. The van der Waals surface area contributed by atoms with E-state index >= 15 is 0 Å². The summed E-state index contributed by atoms with van der Waals surface area (Å²) in [5.74, 6) is -0.182. The number of hydrogen-bond donors (Lipinski definition) is 2. The van der Waals surface area contributed by atoms with Crippen LogP contribution in [-0.2, 0) is 11.3 Å². The number of nitrogens with two attached hydrogens (primary N) is 1. The molecule has 0 fully saturated rings. The van der Waals surface area contributed by atoms with Crippen LogP contribution in [0.5, 0.6) is 0 Å². The summed E-state index contributed by atoms with van der Waals surface area (Å²) < 4.78 is 1.30. The van der Waals surface area contributed by atoms with E-state index in [0.29, 0.717) is 17.5 Å². The first-order valence-corrected chi connectivity index (χ1v) is 6.57. The van der Waals surface area contributed by atoms with E-state index in [-0.39, 0.29) is 18.0 Å². The topological polar surface area (TPSA) is 77.1 Å². The summed E-state index contributed by atoms with van der Waals surface area (Å²) in [4.78, 5) is 23.0. The third kappa shape index (κ3) is 4.52. The molecule has 94 valence electrons. The van der Waals surface area contributed by atoms with Crippen molar-refractivity contribution >= 4 is 23.4 Å². The molecule has 6 heteroatoms. The quantitative estimate of drug-likeness (QED) is 0.793. The van der Waals surface area contributed by atoms with E-state index in [9.17, 15) is 9.59 Å². The van der Waals surface area contributed by atoms with Crippen LogP contribution in [0.1, 0.15) is 6.92 Å². The average molecular weight is 255 g/mol. The fourth-order valence-electron chi connectivity index (χ4n) is 1.22. The molecule has 0 saturated carbocycles. The van der Waals surface area contributed by atoms with Crippen LogP contribution in [0.15, 0.2) is 23.1 Å². The van der Waals surface area contributed by atoms with Gasteiger partial charge in [-0.3, -0.25) is 9.59 Å². The Labute approximate surface area is 104 Å². The number of carbonyl (C=O) groups is 1. The monoisotopic (exact) mass is 255 g/mol. The van der Waals surface area contributed by atoms with E-state index in [1.165, 1.54) is 22.9 Å². The number of aromatic nitrogens is 1. The normalized spacial score (nSPS) is 12.1. The second-order valence-corrected chi connectivity index (χ2v) is 5.06. The minimum absolute atomic E-state index is 0.00493. The zero-order chi connectivity index (χ0) is 12.8. The number of nitrogens with zero attached hydrogens (tertiary/aromatic N) is 1. The van der Waals surface area contributed by atoms with Crippen molar-refractivity contribution < 1.29 is 4.79 Å². The van der Waals surface area contributed by atoms with Gasteiger partial charge in [0.25, 0.3) is 5.56 Å². The number of amides is 1. The van der Waals surface area contributed by atoms with Gasteiger partial charge >= 0.3 is 0 Å². The Morgan fingerprint density at radius 3 is 2.94 bits per heavy atom. The summed E-state index contributed by atoms with van der Waals surface area (Å²) in [6, 6.07) is 2.87. The van der Waals surface area contributed by atoms with Crippen LogP contribution in [0.2, 0.25) is 0 Å². The molecule has 1 atom stereocenters. The molecule has 1 amide bonds. The van der Waals surface area contributed by atoms with Crippen molar-refractivity contribution in [3.63, 3.8) is 0 Å². The highest BCUT2D eigenvalue weighted by molar-refractivity contribution is 7.99. The fraction of sp³-hybridized carbons (Fsp3) is 0.455. The Morgan fingerprint density at radius 1 is 1.59 bits per heavy atom. The first-order chi connectivity index (χ1) is 8.02. The standard InChI is InChI=1S/C11H17N3O2S/c1-8(17-2)5-13-10(15)7-14-6-9(12)3-4-11(14)16/h3-4,6,8H,5,7,12H2,1-2H3,(H,13,15). The Kier molecular flexibility index (Phi) is 5.09. The molecule has 0 aliphatic heterocycles. The second-order valence-electron chi connectivity index (χ2n) is 3.78. The van der Waals surface area contributed by atoms with Crippen molar-refractivity contribution in [3.8, 4) is 0 Å². The average Bonchev–Trinajstić information content (AvgIpc) is 2.30. The van der Waals surface area contributed by atoms with Crippen molar-refractivity contribution in [1.82, 2.24) is 9.88 Å². The Balaban J connectivity index is 2.56. The lowest BCUT2D eigenvalue weighted by atomic mass is 10.4. The van der Waals surface area contributed by atoms with Gasteiger partial charge in [0.1, 0.15) is 6.54 Å². The maximum atomic E-state index is 11.6. The molecule has 0 aromatic carbocycles. The van der Waals surface area contributed by atoms with Crippen molar-refractivity contribution in [2.24, 2.45) is 0 Å². The molecular weight excluding hydrogens is 238 g/mol. The molecule has 0 spiro atoms. The molecule has 0 radical (unpaired) electrons. The molecule has 1 aromatic heterocycles. The summed E-state index contributed by atoms with van der Waals surface area (Å²) in [5, 5.41) is 3.13. The predicted molar refractivity (Wildman–Crippen MR) is 71.1 cm³/mol. The lowest BCUT2D eigenvalue weighted by Gasteiger charge is -2.11. The predicted octanol–water partition coefficient (Wildman–Crippen LogP) is 0.298. The molecular formula is C11H17N3O2S. The van der Waals surface area contributed by atoms with Crippen molar-refractivity contribution in [2.45, 2.75) is 18.7 Å². The van der Waals surface area contributed by atoms with Crippen LogP contribution in [0, 0.1) is 0 Å². The Morgan fingerprint density at radius 2 is 2.29 bits per heavy atom. The molecule has 1 unspecified atom stereocenters. The fourth-order valence-corrected chi connectivity index (χ4v) is 1.47. The molecule has 0 aliphatic carbocycles. The van der Waals surface area contributed by atoms with Gasteiger partial charge in [0.15, 0.2) is 0 Å². The molecule has 0 bridgehead atoms. The second kappa shape index (κ2) is 6.34. The van der Waals surface area contributed by atoms with Gasteiger partial charge in [-0.15, -0.1) is 0 Å². The van der Waals surface area contributed by atoms with Crippen molar-refractivity contribution in [2.75, 3.05) is 18.5 Å². The molecule has 3 N–H and O–H groups in total. The number of anilines is 1. The van der Waals surface area contributed by atoms with Crippen LogP contribution in [-0.4, -0.2) is 28.5 Å². The van der Waals surface area contributed by atoms with Crippen LogP contribution < -0.4 is 16.6 Å². The van der Waals surface area contributed by atoms with Gasteiger partial charge in [-0.2, -0.15) is 11.8 Å². The van der Waals surface area contributed by atoms with Crippen molar-refractivity contribution in [3.05, 3.63) is 28.7 Å². The third-order valence-corrected chi connectivity index (χ3v) is 3.28. The van der Waals surface area contributed by atoms with Gasteiger partial charge in [0.05, 0.1) is 0 Å². The van der Waals surface area contributed by atoms with Gasteiger partial charge in [-0.05, 0) is 12.3 Å². The smallest absolute Gasteiger partial charge is 0.251 e. The molecule has 1 rings (SSSR count). The highest BCUT2D eigenvalue weighted by Gasteiger charge is 2.06. The SMILES string of the molecule is CSC(C)CNC(=O)Cn1cc(N)ccc1=O. The van der Waals surface area contributed by atoms with E-state index < -0.39 is 0 Å². The van der Waals surface area contributed by atoms with Crippen LogP contribution in [0.3, 0.4) is 0 Å². The molecule has 1 aromatic rings. The van der Waals surface area contributed by atoms with E-state index in [1.807, 2.05) is 13.2 Å². The maximum absolute atomic E-state index is 11.6. The van der Waals surface area contributed by atoms with E-state index in [4.69, 9.17) is 5.73 Å². The lowest BCUT2D eigenvalue weighted by Crippen LogP contribution is -2.35. The Bertz CT molecular complexity index is 445. The van der Waals surface area contributed by atoms with Crippen LogP contribution >= 0.6 is 11.8 Å². The summed E-state index contributed by atoms with van der Waals surface area (Å²) in [5.41, 5.74) is 5.79. The summed E-state index contributed by atoms with van der Waals surface area (Å²) in [7, 11) is 0. The van der Waals surface area contributed by atoms with Gasteiger partial charge in [-0.1, -0.05) is 6.92 Å². The molecule has 0 saturated heterocycles. The highest BCUT2D eigenvalue weighted by atomic mass is 32.2. The van der Waals surface area contributed by atoms with Gasteiger partial charge in [0, 0.05) is 29.7 Å². The molecule has 0 aliphatic rings. The minimum Gasteiger partial charge on any atom is -0.398 e. The van der Waals surface area contributed by atoms with Gasteiger partial charge in [-0.25, -0.2) is 0 Å². The number of hydrogen-bond acceptors (Lipinski definition) is 4. The zero-order valence-electron chi connectivity index (χ0n) is 9.97. The zero-order valence-corrected chi connectivity index (χ0v) is 10.8. The van der Waals surface area contributed by atoms with Gasteiger partial charge < -0.3 is 15.6 Å². The van der Waals surface area contributed by atoms with Crippen LogP contribution in [0.25, 0.3) is 0 Å². The lowest BCUT2D eigenvalue weighted by molar-refractivity contribution is -0.121. The van der Waals surface area contributed by atoms with Crippen LogP contribution in [0.4, 0.5) is 5.69 Å². The first kappa shape index (κ1) is 13.6. The maximum Gasteiger partial charge on any atom is 0.251 e. The van der Waals surface area contributed by atoms with E-state index in [0.717, 1.165) is 0 Å². The van der Waals surface area contributed by atoms with Crippen molar-refractivity contribution in [1.29, 1.82) is 0 Å². The Hall–Kier alpha value is -1.43. The van der Waals surface area contributed by atoms with Gasteiger partial charge in [0.2, 0.25) is 5.91 Å². The van der Waals surface area contributed by atoms with E-state index in [1.54, 1.807) is 11.8 Å². The third-order valence-electron chi connectivity index (χ3n) is 2.31. The number of thioether (sulfide) groups is 1. The number of carbonyl (C=O) groups excluding carboxylic acids is 1. The largest absolute Gasteiger partial charge is 0.398 e. The molecule has 5 nitrogen and oxygen atoms in total. The minimum atomic E-state index is -0.229. The number of pyridine rings is 1.